The zero-order chi connectivity index (χ0) is 12.8. The van der Waals surface area contributed by atoms with Gasteiger partial charge in [-0.3, -0.25) is 4.79 Å². The molecule has 94 valence electrons. The maximum absolute atomic E-state index is 11.5. The average molecular weight is 233 g/mol. The molecule has 0 bridgehead atoms. The van der Waals surface area contributed by atoms with Gasteiger partial charge in [0.15, 0.2) is 0 Å². The van der Waals surface area contributed by atoms with Crippen LogP contribution in [0.2, 0.25) is 0 Å². The number of hydrogen-bond acceptors (Lipinski definition) is 2. The summed E-state index contributed by atoms with van der Waals surface area (Å²) < 4.78 is 0. The van der Waals surface area contributed by atoms with Crippen molar-refractivity contribution in [3.8, 4) is 0 Å². The number of carbonyl (C=O) groups excluding carboxylic acids is 1. The van der Waals surface area contributed by atoms with Crippen molar-refractivity contribution in [2.45, 2.75) is 40.2 Å². The molecule has 1 rings (SSSR count). The molecule has 0 aliphatic rings. The standard InChI is InChI=1S/C15H23NO/c1-11(2)15(17)9-10-16-13(4)14-7-5-12(3)6-8-14/h5-8,11,13,16H,9-10H2,1-4H3/t13-/m0/s1. The predicted molar refractivity (Wildman–Crippen MR) is 72.1 cm³/mol. The molecule has 1 aromatic carbocycles. The predicted octanol–water partition coefficient (Wildman–Crippen LogP) is 3.26. The fourth-order valence-electron chi connectivity index (χ4n) is 1.67. The number of benzene rings is 1. The molecular formula is C15H23NO. The van der Waals surface area contributed by atoms with Gasteiger partial charge in [-0.25, -0.2) is 0 Å². The van der Waals surface area contributed by atoms with Gasteiger partial charge in [-0.2, -0.15) is 0 Å². The van der Waals surface area contributed by atoms with E-state index in [0.717, 1.165) is 6.54 Å². The normalized spacial score (nSPS) is 12.8. The van der Waals surface area contributed by atoms with Crippen molar-refractivity contribution < 1.29 is 4.79 Å². The fraction of sp³-hybridized carbons (Fsp3) is 0.533. The lowest BCUT2D eigenvalue weighted by Gasteiger charge is -2.14. The first-order valence-electron chi connectivity index (χ1n) is 6.33. The van der Waals surface area contributed by atoms with E-state index < -0.39 is 0 Å². The third-order valence-electron chi connectivity index (χ3n) is 3.04. The molecule has 0 amide bonds. The smallest absolute Gasteiger partial charge is 0.136 e. The Hall–Kier alpha value is -1.15. The lowest BCUT2D eigenvalue weighted by molar-refractivity contribution is -0.121. The number of aryl methyl sites for hydroxylation is 1. The first-order chi connectivity index (χ1) is 8.00. The Kier molecular flexibility index (Phi) is 5.36. The van der Waals surface area contributed by atoms with E-state index in [1.54, 1.807) is 0 Å². The topological polar surface area (TPSA) is 29.1 Å². The largest absolute Gasteiger partial charge is 0.310 e. The second kappa shape index (κ2) is 6.55. The van der Waals surface area contributed by atoms with Crippen molar-refractivity contribution in [3.05, 3.63) is 35.4 Å². The summed E-state index contributed by atoms with van der Waals surface area (Å²) in [5, 5.41) is 3.38. The van der Waals surface area contributed by atoms with Gasteiger partial charge in [-0.05, 0) is 19.4 Å². The van der Waals surface area contributed by atoms with Gasteiger partial charge in [-0.1, -0.05) is 43.7 Å². The molecule has 2 heteroatoms. The van der Waals surface area contributed by atoms with Crippen LogP contribution in [-0.4, -0.2) is 12.3 Å². The van der Waals surface area contributed by atoms with E-state index in [1.807, 2.05) is 13.8 Å². The van der Waals surface area contributed by atoms with Crippen LogP contribution in [0.15, 0.2) is 24.3 Å². The van der Waals surface area contributed by atoms with E-state index in [0.29, 0.717) is 18.2 Å². The maximum Gasteiger partial charge on any atom is 0.136 e. The SMILES string of the molecule is Cc1ccc([C@H](C)NCCC(=O)C(C)C)cc1. The van der Waals surface area contributed by atoms with Crippen LogP contribution in [0.1, 0.15) is 44.4 Å². The quantitative estimate of drug-likeness (QED) is 0.817. The molecule has 0 aromatic heterocycles. The average Bonchev–Trinajstić information content (AvgIpc) is 2.29. The number of carbonyl (C=O) groups is 1. The summed E-state index contributed by atoms with van der Waals surface area (Å²) in [5.41, 5.74) is 2.54. The number of ketones is 1. The monoisotopic (exact) mass is 233 g/mol. The van der Waals surface area contributed by atoms with Gasteiger partial charge >= 0.3 is 0 Å². The van der Waals surface area contributed by atoms with Crippen molar-refractivity contribution in [1.29, 1.82) is 0 Å². The van der Waals surface area contributed by atoms with Crippen molar-refractivity contribution in [3.63, 3.8) is 0 Å². The Morgan fingerprint density at radius 3 is 2.29 bits per heavy atom. The Bertz CT molecular complexity index is 354. The summed E-state index contributed by atoms with van der Waals surface area (Å²) in [4.78, 5) is 11.5. The Morgan fingerprint density at radius 1 is 1.18 bits per heavy atom. The van der Waals surface area contributed by atoms with E-state index in [-0.39, 0.29) is 5.92 Å². The highest BCUT2D eigenvalue weighted by atomic mass is 16.1. The first kappa shape index (κ1) is 13.9. The van der Waals surface area contributed by atoms with E-state index in [9.17, 15) is 4.79 Å². The van der Waals surface area contributed by atoms with Gasteiger partial charge in [0.05, 0.1) is 0 Å². The molecule has 1 N–H and O–H groups in total. The highest BCUT2D eigenvalue weighted by Gasteiger charge is 2.08. The van der Waals surface area contributed by atoms with Crippen molar-refractivity contribution >= 4 is 5.78 Å². The number of rotatable bonds is 6. The molecule has 0 saturated carbocycles. The van der Waals surface area contributed by atoms with E-state index >= 15 is 0 Å². The third-order valence-corrected chi connectivity index (χ3v) is 3.04. The minimum atomic E-state index is 0.145. The van der Waals surface area contributed by atoms with Crippen molar-refractivity contribution in [1.82, 2.24) is 5.32 Å². The fourth-order valence-corrected chi connectivity index (χ4v) is 1.67. The second-order valence-corrected chi connectivity index (χ2v) is 4.96. The highest BCUT2D eigenvalue weighted by molar-refractivity contribution is 5.80. The van der Waals surface area contributed by atoms with Gasteiger partial charge in [0.25, 0.3) is 0 Å². The minimum Gasteiger partial charge on any atom is -0.310 e. The van der Waals surface area contributed by atoms with Gasteiger partial charge in [0.2, 0.25) is 0 Å². The molecule has 17 heavy (non-hydrogen) atoms. The van der Waals surface area contributed by atoms with Crippen molar-refractivity contribution in [2.24, 2.45) is 5.92 Å². The van der Waals surface area contributed by atoms with Gasteiger partial charge in [0, 0.05) is 24.9 Å². The summed E-state index contributed by atoms with van der Waals surface area (Å²) in [6, 6.07) is 8.81. The molecule has 0 saturated heterocycles. The minimum absolute atomic E-state index is 0.145. The lowest BCUT2D eigenvalue weighted by Crippen LogP contribution is -2.23. The Balaban J connectivity index is 2.37. The second-order valence-electron chi connectivity index (χ2n) is 4.96. The molecule has 0 fully saturated rings. The Labute approximate surface area is 104 Å². The van der Waals surface area contributed by atoms with Crippen LogP contribution in [0.5, 0.6) is 0 Å². The van der Waals surface area contributed by atoms with Crippen molar-refractivity contribution in [2.75, 3.05) is 6.54 Å². The van der Waals surface area contributed by atoms with E-state index in [2.05, 4.69) is 43.4 Å². The molecule has 0 radical (unpaired) electrons. The third kappa shape index (κ3) is 4.70. The number of nitrogens with one attached hydrogen (secondary N) is 1. The van der Waals surface area contributed by atoms with Gasteiger partial charge < -0.3 is 5.32 Å². The van der Waals surface area contributed by atoms with E-state index in [1.165, 1.54) is 11.1 Å². The van der Waals surface area contributed by atoms with Crippen LogP contribution >= 0.6 is 0 Å². The van der Waals surface area contributed by atoms with E-state index in [4.69, 9.17) is 0 Å². The molecule has 2 nitrogen and oxygen atoms in total. The number of hydrogen-bond donors (Lipinski definition) is 1. The molecule has 1 aromatic rings. The number of Topliss-reactive ketones (excluding diaryl/α,β-unsaturated/α-hetero) is 1. The van der Waals surface area contributed by atoms with Crippen LogP contribution in [-0.2, 0) is 4.79 Å². The summed E-state index contributed by atoms with van der Waals surface area (Å²) in [5.74, 6) is 0.472. The zero-order valence-electron chi connectivity index (χ0n) is 11.3. The Morgan fingerprint density at radius 2 is 1.76 bits per heavy atom. The van der Waals surface area contributed by atoms with Crippen LogP contribution in [0.25, 0.3) is 0 Å². The zero-order valence-corrected chi connectivity index (χ0v) is 11.3. The van der Waals surface area contributed by atoms with Gasteiger partial charge in [-0.15, -0.1) is 0 Å². The lowest BCUT2D eigenvalue weighted by atomic mass is 10.0. The van der Waals surface area contributed by atoms with Gasteiger partial charge in [0.1, 0.15) is 5.78 Å². The van der Waals surface area contributed by atoms with Crippen LogP contribution in [0.4, 0.5) is 0 Å². The molecule has 1 atom stereocenters. The summed E-state index contributed by atoms with van der Waals surface area (Å²) in [6.45, 7) is 8.87. The molecule has 0 aliphatic carbocycles. The molecular weight excluding hydrogens is 210 g/mol. The van der Waals surface area contributed by atoms with Crippen LogP contribution < -0.4 is 5.32 Å². The first-order valence-corrected chi connectivity index (χ1v) is 6.33. The molecule has 0 spiro atoms. The van der Waals surface area contributed by atoms with Crippen LogP contribution in [0, 0.1) is 12.8 Å². The summed E-state index contributed by atoms with van der Waals surface area (Å²) in [6.07, 6.45) is 0.619. The van der Waals surface area contributed by atoms with Crippen LogP contribution in [0.3, 0.4) is 0 Å². The highest BCUT2D eigenvalue weighted by Crippen LogP contribution is 2.12. The molecule has 0 heterocycles. The summed E-state index contributed by atoms with van der Waals surface area (Å²) >= 11 is 0. The molecule has 0 unspecified atom stereocenters. The maximum atomic E-state index is 11.5. The summed E-state index contributed by atoms with van der Waals surface area (Å²) in [7, 11) is 0. The molecule has 0 aliphatic heterocycles.